The normalized spacial score (nSPS) is 10.9. The number of nitrogen functional groups attached to an aromatic ring is 1. The zero-order chi connectivity index (χ0) is 14.3. The van der Waals surface area contributed by atoms with E-state index in [0.717, 1.165) is 25.5 Å². The van der Waals surface area contributed by atoms with Crippen LogP contribution in [0.3, 0.4) is 0 Å². The van der Waals surface area contributed by atoms with Gasteiger partial charge in [0.1, 0.15) is 11.5 Å². The standard InChI is InChI=1S/C14H13BrN4S/c1-8-6-10(20-13(8)15)12-11(14(16)19(2)18-12)9-4-3-5-17-7-9/h3-7H,16H2,1-2H3. The van der Waals surface area contributed by atoms with E-state index in [0.29, 0.717) is 5.82 Å². The molecule has 0 amide bonds. The number of anilines is 1. The molecule has 3 aromatic rings. The van der Waals surface area contributed by atoms with Gasteiger partial charge in [0.15, 0.2) is 0 Å². The molecule has 0 bridgehead atoms. The van der Waals surface area contributed by atoms with Gasteiger partial charge < -0.3 is 5.73 Å². The van der Waals surface area contributed by atoms with Gasteiger partial charge in [-0.05, 0) is 40.5 Å². The van der Waals surface area contributed by atoms with Crippen LogP contribution < -0.4 is 5.73 Å². The minimum atomic E-state index is 0.648. The number of thiophene rings is 1. The summed E-state index contributed by atoms with van der Waals surface area (Å²) < 4.78 is 2.83. The highest BCUT2D eigenvalue weighted by molar-refractivity contribution is 9.11. The van der Waals surface area contributed by atoms with Gasteiger partial charge in [-0.15, -0.1) is 11.3 Å². The van der Waals surface area contributed by atoms with Crippen molar-refractivity contribution in [2.75, 3.05) is 5.73 Å². The molecule has 4 nitrogen and oxygen atoms in total. The van der Waals surface area contributed by atoms with Crippen LogP contribution in [0.4, 0.5) is 5.82 Å². The van der Waals surface area contributed by atoms with Gasteiger partial charge in [0.2, 0.25) is 0 Å². The number of hydrogen-bond acceptors (Lipinski definition) is 4. The van der Waals surface area contributed by atoms with Crippen LogP contribution >= 0.6 is 27.3 Å². The lowest BCUT2D eigenvalue weighted by atomic mass is 10.1. The summed E-state index contributed by atoms with van der Waals surface area (Å²) >= 11 is 5.22. The first-order valence-electron chi connectivity index (χ1n) is 6.07. The summed E-state index contributed by atoms with van der Waals surface area (Å²) in [5.41, 5.74) is 10.2. The second-order valence-corrected chi connectivity index (χ2v) is 6.91. The van der Waals surface area contributed by atoms with Gasteiger partial charge in [-0.1, -0.05) is 6.07 Å². The van der Waals surface area contributed by atoms with Crippen LogP contribution in [0, 0.1) is 6.92 Å². The second-order valence-electron chi connectivity index (χ2n) is 4.54. The summed E-state index contributed by atoms with van der Waals surface area (Å²) in [5.74, 6) is 0.648. The smallest absolute Gasteiger partial charge is 0.130 e. The number of nitrogens with two attached hydrogens (primary N) is 1. The summed E-state index contributed by atoms with van der Waals surface area (Å²) in [6, 6.07) is 6.02. The molecule has 0 unspecified atom stereocenters. The monoisotopic (exact) mass is 348 g/mol. The van der Waals surface area contributed by atoms with E-state index in [1.54, 1.807) is 22.2 Å². The Kier molecular flexibility index (Phi) is 3.35. The molecule has 3 aromatic heterocycles. The minimum Gasteiger partial charge on any atom is -0.383 e. The third-order valence-electron chi connectivity index (χ3n) is 3.13. The van der Waals surface area contributed by atoms with Gasteiger partial charge in [0, 0.05) is 25.0 Å². The van der Waals surface area contributed by atoms with E-state index in [9.17, 15) is 0 Å². The van der Waals surface area contributed by atoms with Gasteiger partial charge >= 0.3 is 0 Å². The zero-order valence-corrected chi connectivity index (χ0v) is 13.5. The first kappa shape index (κ1) is 13.3. The van der Waals surface area contributed by atoms with Gasteiger partial charge in [-0.3, -0.25) is 9.67 Å². The number of aromatic nitrogens is 3. The lowest BCUT2D eigenvalue weighted by Crippen LogP contribution is -1.98. The lowest BCUT2D eigenvalue weighted by molar-refractivity contribution is 0.783. The Balaban J connectivity index is 2.24. The number of nitrogens with zero attached hydrogens (tertiary/aromatic N) is 3. The Hall–Kier alpha value is -1.66. The van der Waals surface area contributed by atoms with Crippen molar-refractivity contribution in [3.8, 4) is 21.7 Å². The Morgan fingerprint density at radius 2 is 2.20 bits per heavy atom. The van der Waals surface area contributed by atoms with Crippen molar-refractivity contribution in [3.05, 3.63) is 39.9 Å². The van der Waals surface area contributed by atoms with Crippen molar-refractivity contribution < 1.29 is 0 Å². The fourth-order valence-corrected chi connectivity index (χ4v) is 3.61. The highest BCUT2D eigenvalue weighted by Crippen LogP contribution is 2.41. The number of pyridine rings is 1. The summed E-state index contributed by atoms with van der Waals surface area (Å²) in [6.45, 7) is 2.07. The predicted octanol–water partition coefficient (Wildman–Crippen LogP) is 3.86. The van der Waals surface area contributed by atoms with E-state index in [1.807, 2.05) is 25.4 Å². The van der Waals surface area contributed by atoms with Crippen LogP contribution in [0.25, 0.3) is 21.7 Å². The van der Waals surface area contributed by atoms with E-state index >= 15 is 0 Å². The Morgan fingerprint density at radius 1 is 1.40 bits per heavy atom. The van der Waals surface area contributed by atoms with Crippen molar-refractivity contribution in [1.29, 1.82) is 0 Å². The number of hydrogen-bond donors (Lipinski definition) is 1. The third-order valence-corrected chi connectivity index (χ3v) is 5.28. The summed E-state index contributed by atoms with van der Waals surface area (Å²) in [7, 11) is 1.86. The van der Waals surface area contributed by atoms with Crippen LogP contribution in [-0.4, -0.2) is 14.8 Å². The number of rotatable bonds is 2. The third kappa shape index (κ3) is 2.14. The molecule has 3 heterocycles. The zero-order valence-electron chi connectivity index (χ0n) is 11.1. The van der Waals surface area contributed by atoms with Crippen molar-refractivity contribution in [1.82, 2.24) is 14.8 Å². The molecular formula is C14H13BrN4S. The van der Waals surface area contributed by atoms with Crippen LogP contribution in [0.2, 0.25) is 0 Å². The second kappa shape index (κ2) is 5.03. The average Bonchev–Trinajstić information content (AvgIpc) is 2.93. The largest absolute Gasteiger partial charge is 0.383 e. The molecule has 0 aliphatic heterocycles. The van der Waals surface area contributed by atoms with Gasteiger partial charge in [0.25, 0.3) is 0 Å². The Labute approximate surface area is 129 Å². The van der Waals surface area contributed by atoms with Gasteiger partial charge in [0.05, 0.1) is 14.2 Å². The highest BCUT2D eigenvalue weighted by atomic mass is 79.9. The predicted molar refractivity (Wildman–Crippen MR) is 86.6 cm³/mol. The SMILES string of the molecule is Cc1cc(-c2nn(C)c(N)c2-c2cccnc2)sc1Br. The van der Waals surface area contributed by atoms with E-state index in [4.69, 9.17) is 5.73 Å². The van der Waals surface area contributed by atoms with Crippen LogP contribution in [0.1, 0.15) is 5.56 Å². The molecule has 0 atom stereocenters. The van der Waals surface area contributed by atoms with Crippen LogP contribution in [0.5, 0.6) is 0 Å². The summed E-state index contributed by atoms with van der Waals surface area (Å²) in [6.07, 6.45) is 3.56. The van der Waals surface area contributed by atoms with Crippen molar-refractivity contribution >= 4 is 33.1 Å². The molecular weight excluding hydrogens is 336 g/mol. The molecule has 2 N–H and O–H groups in total. The molecule has 0 fully saturated rings. The molecule has 0 saturated heterocycles. The first-order chi connectivity index (χ1) is 9.58. The van der Waals surface area contributed by atoms with Crippen LogP contribution in [0.15, 0.2) is 34.4 Å². The van der Waals surface area contributed by atoms with Crippen molar-refractivity contribution in [3.63, 3.8) is 0 Å². The minimum absolute atomic E-state index is 0.648. The maximum absolute atomic E-state index is 6.18. The lowest BCUT2D eigenvalue weighted by Gasteiger charge is -2.02. The molecule has 0 aromatic carbocycles. The molecule has 6 heteroatoms. The van der Waals surface area contributed by atoms with Crippen molar-refractivity contribution in [2.24, 2.45) is 7.05 Å². The molecule has 20 heavy (non-hydrogen) atoms. The topological polar surface area (TPSA) is 56.7 Å². The fraction of sp³-hybridized carbons (Fsp3) is 0.143. The van der Waals surface area contributed by atoms with E-state index in [1.165, 1.54) is 5.56 Å². The average molecular weight is 349 g/mol. The molecule has 0 saturated carbocycles. The fourth-order valence-electron chi connectivity index (χ4n) is 2.08. The van der Waals surface area contributed by atoms with Gasteiger partial charge in [-0.25, -0.2) is 0 Å². The molecule has 0 aliphatic rings. The van der Waals surface area contributed by atoms with Crippen molar-refractivity contribution in [2.45, 2.75) is 6.92 Å². The molecule has 0 aliphatic carbocycles. The summed E-state index contributed by atoms with van der Waals surface area (Å²) in [5, 5.41) is 4.56. The molecule has 102 valence electrons. The molecule has 0 radical (unpaired) electrons. The maximum atomic E-state index is 6.18. The number of halogens is 1. The maximum Gasteiger partial charge on any atom is 0.130 e. The van der Waals surface area contributed by atoms with E-state index < -0.39 is 0 Å². The Morgan fingerprint density at radius 3 is 2.80 bits per heavy atom. The number of aryl methyl sites for hydroxylation is 2. The molecule has 0 spiro atoms. The van der Waals surface area contributed by atoms with E-state index in [-0.39, 0.29) is 0 Å². The quantitative estimate of drug-likeness (QED) is 0.764. The highest BCUT2D eigenvalue weighted by Gasteiger charge is 2.19. The first-order valence-corrected chi connectivity index (χ1v) is 7.68. The molecule has 3 rings (SSSR count). The summed E-state index contributed by atoms with van der Waals surface area (Å²) in [4.78, 5) is 5.27. The van der Waals surface area contributed by atoms with Crippen LogP contribution in [-0.2, 0) is 7.05 Å². The Bertz CT molecular complexity index is 742. The van der Waals surface area contributed by atoms with Gasteiger partial charge in [-0.2, -0.15) is 5.10 Å². The van der Waals surface area contributed by atoms with E-state index in [2.05, 4.69) is 39.0 Å².